The van der Waals surface area contributed by atoms with E-state index in [9.17, 15) is 4.79 Å². The molecule has 4 rings (SSSR count). The third-order valence-corrected chi connectivity index (χ3v) is 4.49. The van der Waals surface area contributed by atoms with Crippen LogP contribution in [-0.4, -0.2) is 50.7 Å². The number of ether oxygens (including phenoxy) is 2. The fourth-order valence-electron chi connectivity index (χ4n) is 3.05. The standard InChI is InChI=1S/C18H21N5O3/c1-3-22-9-13(7-19-22)26-17-11-25-10-15(17)21-18(24)14-8-20-23-5-4-12(2)6-16(14)23/h4-9,15,17H,3,10-11H2,1-2H3,(H,21,24)/t15-,17+/m0/s1. The molecule has 0 unspecified atom stereocenters. The molecule has 0 bridgehead atoms. The Morgan fingerprint density at radius 2 is 2.27 bits per heavy atom. The number of nitrogens with zero attached hydrogens (tertiary/aromatic N) is 4. The van der Waals surface area contributed by atoms with Gasteiger partial charge >= 0.3 is 0 Å². The third-order valence-electron chi connectivity index (χ3n) is 4.49. The Morgan fingerprint density at radius 3 is 3.08 bits per heavy atom. The van der Waals surface area contributed by atoms with Crippen molar-refractivity contribution < 1.29 is 14.3 Å². The van der Waals surface area contributed by atoms with Crippen LogP contribution in [0.5, 0.6) is 5.75 Å². The molecule has 3 aromatic heterocycles. The Labute approximate surface area is 150 Å². The number of rotatable bonds is 5. The Morgan fingerprint density at radius 1 is 1.38 bits per heavy atom. The first kappa shape index (κ1) is 16.6. The Hall–Kier alpha value is -2.87. The quantitative estimate of drug-likeness (QED) is 0.749. The van der Waals surface area contributed by atoms with Gasteiger partial charge in [0.25, 0.3) is 5.91 Å². The van der Waals surface area contributed by atoms with Gasteiger partial charge in [0.2, 0.25) is 0 Å². The summed E-state index contributed by atoms with van der Waals surface area (Å²) >= 11 is 0. The van der Waals surface area contributed by atoms with E-state index in [0.717, 1.165) is 17.6 Å². The molecule has 0 aromatic carbocycles. The maximum Gasteiger partial charge on any atom is 0.255 e. The molecule has 1 fully saturated rings. The minimum Gasteiger partial charge on any atom is -0.482 e. The van der Waals surface area contributed by atoms with Gasteiger partial charge in [-0.05, 0) is 31.5 Å². The number of nitrogens with one attached hydrogen (secondary N) is 1. The van der Waals surface area contributed by atoms with Crippen molar-refractivity contribution in [2.24, 2.45) is 0 Å². The summed E-state index contributed by atoms with van der Waals surface area (Å²) in [6, 6.07) is 3.67. The zero-order valence-corrected chi connectivity index (χ0v) is 14.8. The van der Waals surface area contributed by atoms with Crippen LogP contribution < -0.4 is 10.1 Å². The van der Waals surface area contributed by atoms with Crippen LogP contribution >= 0.6 is 0 Å². The minimum atomic E-state index is -0.253. The molecule has 1 amide bonds. The van der Waals surface area contributed by atoms with Crippen molar-refractivity contribution in [3.63, 3.8) is 0 Å². The van der Waals surface area contributed by atoms with Crippen LogP contribution in [0.15, 0.2) is 36.9 Å². The molecular weight excluding hydrogens is 334 g/mol. The molecule has 0 saturated carbocycles. The van der Waals surface area contributed by atoms with Gasteiger partial charge in [-0.3, -0.25) is 9.48 Å². The molecule has 2 atom stereocenters. The van der Waals surface area contributed by atoms with Crippen LogP contribution in [0.25, 0.3) is 5.52 Å². The van der Waals surface area contributed by atoms with Crippen molar-refractivity contribution in [1.29, 1.82) is 0 Å². The van der Waals surface area contributed by atoms with Gasteiger partial charge in [0.1, 0.15) is 6.10 Å². The van der Waals surface area contributed by atoms with E-state index in [0.29, 0.717) is 24.5 Å². The summed E-state index contributed by atoms with van der Waals surface area (Å²) in [4.78, 5) is 12.7. The largest absolute Gasteiger partial charge is 0.482 e. The smallest absolute Gasteiger partial charge is 0.255 e. The van der Waals surface area contributed by atoms with Crippen LogP contribution in [0, 0.1) is 6.92 Å². The van der Waals surface area contributed by atoms with Gasteiger partial charge in [-0.15, -0.1) is 0 Å². The molecule has 4 heterocycles. The van der Waals surface area contributed by atoms with E-state index in [1.54, 1.807) is 21.6 Å². The van der Waals surface area contributed by atoms with Crippen LogP contribution in [0.1, 0.15) is 22.8 Å². The molecule has 1 saturated heterocycles. The maximum absolute atomic E-state index is 12.7. The topological polar surface area (TPSA) is 82.7 Å². The van der Waals surface area contributed by atoms with Gasteiger partial charge in [0.15, 0.2) is 5.75 Å². The molecule has 0 radical (unpaired) electrons. The van der Waals surface area contributed by atoms with E-state index in [-0.39, 0.29) is 18.1 Å². The number of hydrogen-bond donors (Lipinski definition) is 1. The first-order chi connectivity index (χ1) is 12.6. The third kappa shape index (κ3) is 3.15. The molecule has 0 spiro atoms. The molecule has 26 heavy (non-hydrogen) atoms. The second kappa shape index (κ2) is 6.80. The summed E-state index contributed by atoms with van der Waals surface area (Å²) in [6.45, 7) is 5.61. The molecule has 8 nitrogen and oxygen atoms in total. The second-order valence-electron chi connectivity index (χ2n) is 6.40. The van der Waals surface area contributed by atoms with Gasteiger partial charge in [-0.25, -0.2) is 4.52 Å². The van der Waals surface area contributed by atoms with Gasteiger partial charge in [-0.2, -0.15) is 10.2 Å². The predicted octanol–water partition coefficient (Wildman–Crippen LogP) is 1.44. The van der Waals surface area contributed by atoms with Crippen LogP contribution in [0.2, 0.25) is 0 Å². The van der Waals surface area contributed by atoms with Crippen molar-refractivity contribution in [2.45, 2.75) is 32.5 Å². The first-order valence-corrected chi connectivity index (χ1v) is 8.65. The highest BCUT2D eigenvalue weighted by molar-refractivity contribution is 6.00. The SMILES string of the molecule is CCn1cc(O[C@@H]2COC[C@@H]2NC(=O)c2cnn3ccc(C)cc23)cn1. The number of fused-ring (bicyclic) bond motifs is 1. The van der Waals surface area contributed by atoms with E-state index in [1.165, 1.54) is 0 Å². The summed E-state index contributed by atoms with van der Waals surface area (Å²) in [5.41, 5.74) is 2.40. The molecule has 1 aliphatic rings. The monoisotopic (exact) mass is 355 g/mol. The first-order valence-electron chi connectivity index (χ1n) is 8.65. The number of aromatic nitrogens is 4. The summed E-state index contributed by atoms with van der Waals surface area (Å²) < 4.78 is 14.9. The highest BCUT2D eigenvalue weighted by Gasteiger charge is 2.32. The van der Waals surface area contributed by atoms with E-state index in [1.807, 2.05) is 38.4 Å². The fourth-order valence-corrected chi connectivity index (χ4v) is 3.05. The fraction of sp³-hybridized carbons (Fsp3) is 0.389. The van der Waals surface area contributed by atoms with Gasteiger partial charge in [0, 0.05) is 12.7 Å². The Balaban J connectivity index is 1.48. The Kier molecular flexibility index (Phi) is 4.34. The van der Waals surface area contributed by atoms with E-state index in [4.69, 9.17) is 9.47 Å². The average molecular weight is 355 g/mol. The van der Waals surface area contributed by atoms with E-state index in [2.05, 4.69) is 15.5 Å². The minimum absolute atomic E-state index is 0.182. The summed E-state index contributed by atoms with van der Waals surface area (Å²) in [5.74, 6) is 0.493. The lowest BCUT2D eigenvalue weighted by atomic mass is 10.1. The number of pyridine rings is 1. The van der Waals surface area contributed by atoms with Crippen molar-refractivity contribution >= 4 is 11.4 Å². The summed E-state index contributed by atoms with van der Waals surface area (Å²) in [5, 5.41) is 11.4. The molecular formula is C18H21N5O3. The molecule has 0 aliphatic carbocycles. The van der Waals surface area contributed by atoms with Crippen molar-refractivity contribution in [3.05, 3.63) is 48.0 Å². The summed E-state index contributed by atoms with van der Waals surface area (Å²) in [6.07, 6.45) is 6.69. The highest BCUT2D eigenvalue weighted by atomic mass is 16.5. The number of hydrogen-bond acceptors (Lipinski definition) is 5. The predicted molar refractivity (Wildman–Crippen MR) is 94.3 cm³/mol. The molecule has 1 aliphatic heterocycles. The lowest BCUT2D eigenvalue weighted by Gasteiger charge is -2.19. The van der Waals surface area contributed by atoms with Crippen LogP contribution in [0.3, 0.4) is 0 Å². The van der Waals surface area contributed by atoms with Gasteiger partial charge in [0.05, 0.1) is 48.9 Å². The molecule has 1 N–H and O–H groups in total. The molecule has 3 aromatic rings. The van der Waals surface area contributed by atoms with Gasteiger partial charge < -0.3 is 14.8 Å². The van der Waals surface area contributed by atoms with Crippen molar-refractivity contribution in [2.75, 3.05) is 13.2 Å². The van der Waals surface area contributed by atoms with Crippen LogP contribution in [0.4, 0.5) is 0 Å². The summed E-state index contributed by atoms with van der Waals surface area (Å²) in [7, 11) is 0. The zero-order chi connectivity index (χ0) is 18.1. The average Bonchev–Trinajstić information content (AvgIpc) is 3.35. The molecule has 8 heteroatoms. The maximum atomic E-state index is 12.7. The van der Waals surface area contributed by atoms with Crippen molar-refractivity contribution in [3.8, 4) is 5.75 Å². The number of aryl methyl sites for hydroxylation is 2. The number of carbonyl (C=O) groups is 1. The lowest BCUT2D eigenvalue weighted by Crippen LogP contribution is -2.45. The second-order valence-corrected chi connectivity index (χ2v) is 6.40. The van der Waals surface area contributed by atoms with E-state index < -0.39 is 0 Å². The molecule has 136 valence electrons. The lowest BCUT2D eigenvalue weighted by molar-refractivity contribution is 0.0905. The van der Waals surface area contributed by atoms with Crippen LogP contribution in [-0.2, 0) is 11.3 Å². The highest BCUT2D eigenvalue weighted by Crippen LogP contribution is 2.18. The zero-order valence-electron chi connectivity index (χ0n) is 14.8. The number of carbonyl (C=O) groups excluding carboxylic acids is 1. The van der Waals surface area contributed by atoms with Gasteiger partial charge in [-0.1, -0.05) is 0 Å². The number of amides is 1. The van der Waals surface area contributed by atoms with Crippen molar-refractivity contribution in [1.82, 2.24) is 24.7 Å². The Bertz CT molecular complexity index is 932. The van der Waals surface area contributed by atoms with E-state index >= 15 is 0 Å². The normalized spacial score (nSPS) is 19.8.